The molecule has 1 N–H and O–H groups in total. The highest BCUT2D eigenvalue weighted by atomic mass is 14.9. The highest BCUT2D eigenvalue weighted by Crippen LogP contribution is 2.01. The summed E-state index contributed by atoms with van der Waals surface area (Å²) in [6, 6.07) is 2.77. The van der Waals surface area contributed by atoms with Crippen molar-refractivity contribution in [2.75, 3.05) is 0 Å². The SMILES string of the molecule is CCCCC(C)NC(C#N)CC. The summed E-state index contributed by atoms with van der Waals surface area (Å²) in [4.78, 5) is 0. The summed E-state index contributed by atoms with van der Waals surface area (Å²) in [5, 5.41) is 12.0. The first-order chi connectivity index (χ1) is 5.74. The van der Waals surface area contributed by atoms with E-state index in [9.17, 15) is 0 Å². The lowest BCUT2D eigenvalue weighted by molar-refractivity contribution is 0.456. The van der Waals surface area contributed by atoms with Gasteiger partial charge in [-0.1, -0.05) is 26.7 Å². The van der Waals surface area contributed by atoms with Gasteiger partial charge in [-0.05, 0) is 19.8 Å². The van der Waals surface area contributed by atoms with Gasteiger partial charge < -0.3 is 0 Å². The quantitative estimate of drug-likeness (QED) is 0.661. The first-order valence-corrected chi connectivity index (χ1v) is 4.90. The Morgan fingerprint density at radius 1 is 1.42 bits per heavy atom. The number of unbranched alkanes of at least 4 members (excludes halogenated alkanes) is 1. The highest BCUT2D eigenvalue weighted by Gasteiger charge is 2.07. The molecular weight excluding hydrogens is 148 g/mol. The molecule has 0 spiro atoms. The lowest BCUT2D eigenvalue weighted by Crippen LogP contribution is -2.34. The van der Waals surface area contributed by atoms with Gasteiger partial charge in [0.2, 0.25) is 0 Å². The Bertz CT molecular complexity index is 137. The molecule has 0 aliphatic rings. The third kappa shape index (κ3) is 5.15. The molecule has 2 heteroatoms. The van der Waals surface area contributed by atoms with Crippen molar-refractivity contribution in [2.45, 2.75) is 58.5 Å². The van der Waals surface area contributed by atoms with Gasteiger partial charge in [-0.2, -0.15) is 5.26 Å². The van der Waals surface area contributed by atoms with Gasteiger partial charge in [0, 0.05) is 6.04 Å². The molecule has 0 heterocycles. The molecule has 0 saturated carbocycles. The minimum Gasteiger partial charge on any atom is -0.299 e. The Kier molecular flexibility index (Phi) is 6.79. The van der Waals surface area contributed by atoms with Crippen LogP contribution in [-0.2, 0) is 0 Å². The number of rotatable bonds is 6. The van der Waals surface area contributed by atoms with Crippen molar-refractivity contribution in [3.63, 3.8) is 0 Å². The minimum atomic E-state index is 0.0388. The Balaban J connectivity index is 3.53. The average Bonchev–Trinajstić information content (AvgIpc) is 2.10. The molecule has 0 aromatic heterocycles. The van der Waals surface area contributed by atoms with Crippen LogP contribution in [0, 0.1) is 11.3 Å². The zero-order valence-corrected chi connectivity index (χ0v) is 8.43. The maximum atomic E-state index is 8.69. The molecule has 12 heavy (non-hydrogen) atoms. The van der Waals surface area contributed by atoms with Crippen molar-refractivity contribution in [3.05, 3.63) is 0 Å². The Morgan fingerprint density at radius 2 is 2.08 bits per heavy atom. The molecular formula is C10H20N2. The lowest BCUT2D eigenvalue weighted by Gasteiger charge is -2.16. The summed E-state index contributed by atoms with van der Waals surface area (Å²) in [5.74, 6) is 0. The topological polar surface area (TPSA) is 35.8 Å². The van der Waals surface area contributed by atoms with Gasteiger partial charge in [0.05, 0.1) is 12.1 Å². The maximum absolute atomic E-state index is 8.69. The normalized spacial score (nSPS) is 15.2. The Hall–Kier alpha value is -0.550. The van der Waals surface area contributed by atoms with E-state index >= 15 is 0 Å². The fraction of sp³-hybridized carbons (Fsp3) is 0.900. The minimum absolute atomic E-state index is 0.0388. The molecule has 0 bridgehead atoms. The largest absolute Gasteiger partial charge is 0.299 e. The smallest absolute Gasteiger partial charge is 0.0952 e. The summed E-state index contributed by atoms with van der Waals surface area (Å²) < 4.78 is 0. The van der Waals surface area contributed by atoms with Crippen molar-refractivity contribution in [1.82, 2.24) is 5.32 Å². The summed E-state index contributed by atoms with van der Waals surface area (Å²) in [6.07, 6.45) is 4.55. The molecule has 70 valence electrons. The van der Waals surface area contributed by atoms with Gasteiger partial charge in [-0.3, -0.25) is 5.32 Å². The van der Waals surface area contributed by atoms with Crippen LogP contribution < -0.4 is 5.32 Å². The molecule has 0 aromatic carbocycles. The average molecular weight is 168 g/mol. The predicted molar refractivity (Wildman–Crippen MR) is 51.8 cm³/mol. The van der Waals surface area contributed by atoms with Crippen LogP contribution in [0.2, 0.25) is 0 Å². The molecule has 0 rings (SSSR count). The van der Waals surface area contributed by atoms with E-state index in [0.717, 1.165) is 6.42 Å². The van der Waals surface area contributed by atoms with Crippen molar-refractivity contribution < 1.29 is 0 Å². The van der Waals surface area contributed by atoms with Crippen molar-refractivity contribution in [2.24, 2.45) is 0 Å². The standard InChI is InChI=1S/C10H20N2/c1-4-6-7-9(3)12-10(5-2)8-11/h9-10,12H,4-7H2,1-3H3. The molecule has 0 amide bonds. The third-order valence-corrected chi connectivity index (χ3v) is 2.04. The Morgan fingerprint density at radius 3 is 2.50 bits per heavy atom. The van der Waals surface area contributed by atoms with E-state index in [1.807, 2.05) is 6.92 Å². The van der Waals surface area contributed by atoms with Gasteiger partial charge in [0.25, 0.3) is 0 Å². The second-order valence-corrected chi connectivity index (χ2v) is 3.30. The Labute approximate surface area is 76.0 Å². The first kappa shape index (κ1) is 11.4. The second-order valence-electron chi connectivity index (χ2n) is 3.30. The van der Waals surface area contributed by atoms with E-state index in [0.29, 0.717) is 6.04 Å². The summed E-state index contributed by atoms with van der Waals surface area (Å²) in [5.41, 5.74) is 0. The van der Waals surface area contributed by atoms with Crippen LogP contribution >= 0.6 is 0 Å². The summed E-state index contributed by atoms with van der Waals surface area (Å²) in [6.45, 7) is 6.37. The van der Waals surface area contributed by atoms with Crippen LogP contribution in [0.1, 0.15) is 46.5 Å². The number of nitrogens with zero attached hydrogens (tertiary/aromatic N) is 1. The lowest BCUT2D eigenvalue weighted by atomic mass is 10.1. The zero-order chi connectivity index (χ0) is 9.40. The zero-order valence-electron chi connectivity index (χ0n) is 8.43. The van der Waals surface area contributed by atoms with Crippen LogP contribution in [0.15, 0.2) is 0 Å². The second kappa shape index (κ2) is 7.12. The number of hydrogen-bond donors (Lipinski definition) is 1. The molecule has 0 aromatic rings. The van der Waals surface area contributed by atoms with E-state index in [1.165, 1.54) is 19.3 Å². The van der Waals surface area contributed by atoms with Gasteiger partial charge in [-0.15, -0.1) is 0 Å². The van der Waals surface area contributed by atoms with Gasteiger partial charge in [0.15, 0.2) is 0 Å². The van der Waals surface area contributed by atoms with Crippen molar-refractivity contribution in [1.29, 1.82) is 5.26 Å². The van der Waals surface area contributed by atoms with E-state index in [-0.39, 0.29) is 6.04 Å². The van der Waals surface area contributed by atoms with Gasteiger partial charge >= 0.3 is 0 Å². The van der Waals surface area contributed by atoms with E-state index < -0.39 is 0 Å². The molecule has 0 fully saturated rings. The summed E-state index contributed by atoms with van der Waals surface area (Å²) >= 11 is 0. The first-order valence-electron chi connectivity index (χ1n) is 4.90. The molecule has 0 radical (unpaired) electrons. The fourth-order valence-electron chi connectivity index (χ4n) is 1.18. The van der Waals surface area contributed by atoms with E-state index in [2.05, 4.69) is 25.2 Å². The number of nitriles is 1. The molecule has 2 atom stereocenters. The van der Waals surface area contributed by atoms with Crippen LogP contribution in [0.4, 0.5) is 0 Å². The summed E-state index contributed by atoms with van der Waals surface area (Å²) in [7, 11) is 0. The molecule has 0 aliphatic carbocycles. The van der Waals surface area contributed by atoms with Crippen LogP contribution in [0.5, 0.6) is 0 Å². The van der Waals surface area contributed by atoms with E-state index in [1.54, 1.807) is 0 Å². The van der Waals surface area contributed by atoms with Gasteiger partial charge in [0.1, 0.15) is 0 Å². The number of nitrogens with one attached hydrogen (secondary N) is 1. The molecule has 0 aliphatic heterocycles. The van der Waals surface area contributed by atoms with E-state index in [4.69, 9.17) is 5.26 Å². The predicted octanol–water partition coefficient (Wildman–Crippen LogP) is 2.46. The maximum Gasteiger partial charge on any atom is 0.0952 e. The van der Waals surface area contributed by atoms with Crippen molar-refractivity contribution in [3.8, 4) is 6.07 Å². The highest BCUT2D eigenvalue weighted by molar-refractivity contribution is 4.89. The molecule has 0 saturated heterocycles. The van der Waals surface area contributed by atoms with Crippen molar-refractivity contribution >= 4 is 0 Å². The third-order valence-electron chi connectivity index (χ3n) is 2.04. The molecule has 2 nitrogen and oxygen atoms in total. The molecule has 2 unspecified atom stereocenters. The number of hydrogen-bond acceptors (Lipinski definition) is 2. The van der Waals surface area contributed by atoms with Crippen LogP contribution in [0.25, 0.3) is 0 Å². The van der Waals surface area contributed by atoms with Crippen LogP contribution in [-0.4, -0.2) is 12.1 Å². The monoisotopic (exact) mass is 168 g/mol. The van der Waals surface area contributed by atoms with Crippen LogP contribution in [0.3, 0.4) is 0 Å². The fourth-order valence-corrected chi connectivity index (χ4v) is 1.18. The van der Waals surface area contributed by atoms with Gasteiger partial charge in [-0.25, -0.2) is 0 Å².